The second-order valence-electron chi connectivity index (χ2n) is 6.44. The van der Waals surface area contributed by atoms with Crippen molar-refractivity contribution in [1.82, 2.24) is 9.97 Å². The Morgan fingerprint density at radius 1 is 0.679 bits per heavy atom. The van der Waals surface area contributed by atoms with Gasteiger partial charge in [-0.25, -0.2) is 9.97 Å². The van der Waals surface area contributed by atoms with Gasteiger partial charge < -0.3 is 9.47 Å². The van der Waals surface area contributed by atoms with Crippen LogP contribution >= 0.6 is 22.7 Å². The Bertz CT molecular complexity index is 1130. The summed E-state index contributed by atoms with van der Waals surface area (Å²) in [6.45, 7) is 4.25. The second-order valence-corrected chi connectivity index (χ2v) is 8.16. The molecule has 0 fully saturated rings. The van der Waals surface area contributed by atoms with E-state index in [1.54, 1.807) is 36.9 Å². The van der Waals surface area contributed by atoms with Gasteiger partial charge in [0.1, 0.15) is 0 Å². The standard InChI is InChI=1S/C22H20N2O2S2/c1-13-5-6-15(9-14(13)2)17-11-27-21(23-17)22-24-18(12-28-22)16-7-8-19(25-3)20(10-16)26-4/h5-12H,1-4H3. The Kier molecular flexibility index (Phi) is 5.15. The van der Waals surface area contributed by atoms with E-state index >= 15 is 0 Å². The highest BCUT2D eigenvalue weighted by Crippen LogP contribution is 2.36. The third-order valence-electron chi connectivity index (χ3n) is 4.67. The molecule has 6 heteroatoms. The first kappa shape index (κ1) is 18.7. The van der Waals surface area contributed by atoms with Crippen LogP contribution in [0.4, 0.5) is 0 Å². The van der Waals surface area contributed by atoms with Gasteiger partial charge in [0.05, 0.1) is 25.6 Å². The highest BCUT2D eigenvalue weighted by atomic mass is 32.1. The molecule has 0 spiro atoms. The van der Waals surface area contributed by atoms with E-state index in [2.05, 4.69) is 37.4 Å². The fraction of sp³-hybridized carbons (Fsp3) is 0.182. The summed E-state index contributed by atoms with van der Waals surface area (Å²) in [4.78, 5) is 9.60. The summed E-state index contributed by atoms with van der Waals surface area (Å²) < 4.78 is 10.7. The van der Waals surface area contributed by atoms with Crippen LogP contribution in [0.1, 0.15) is 11.1 Å². The fourth-order valence-electron chi connectivity index (χ4n) is 2.91. The number of hydrogen-bond acceptors (Lipinski definition) is 6. The molecule has 2 aromatic carbocycles. The average molecular weight is 409 g/mol. The molecule has 4 aromatic rings. The number of methoxy groups -OCH3 is 2. The molecule has 0 aliphatic rings. The van der Waals surface area contributed by atoms with E-state index in [9.17, 15) is 0 Å². The van der Waals surface area contributed by atoms with Crippen LogP contribution in [0.15, 0.2) is 47.2 Å². The zero-order valence-electron chi connectivity index (χ0n) is 16.1. The number of thiazole rings is 2. The van der Waals surface area contributed by atoms with Crippen molar-refractivity contribution in [3.05, 3.63) is 58.3 Å². The lowest BCUT2D eigenvalue weighted by Crippen LogP contribution is -1.90. The van der Waals surface area contributed by atoms with Crippen molar-refractivity contribution in [3.8, 4) is 44.0 Å². The maximum absolute atomic E-state index is 5.40. The molecule has 0 N–H and O–H groups in total. The molecular formula is C22H20N2O2S2. The molecule has 0 saturated carbocycles. The SMILES string of the molecule is COc1ccc(-c2csc(-c3nc(-c4ccc(C)c(C)c4)cs3)n2)cc1OC. The van der Waals surface area contributed by atoms with Crippen LogP contribution in [-0.2, 0) is 0 Å². The van der Waals surface area contributed by atoms with Crippen LogP contribution in [0.5, 0.6) is 11.5 Å². The second kappa shape index (κ2) is 7.73. The maximum atomic E-state index is 5.40. The van der Waals surface area contributed by atoms with Gasteiger partial charge in [-0.15, -0.1) is 22.7 Å². The molecule has 0 unspecified atom stereocenters. The summed E-state index contributed by atoms with van der Waals surface area (Å²) in [7, 11) is 3.27. The number of benzene rings is 2. The Labute approximate surface area is 172 Å². The third-order valence-corrected chi connectivity index (χ3v) is 6.50. The number of hydrogen-bond donors (Lipinski definition) is 0. The largest absolute Gasteiger partial charge is 0.493 e. The Balaban J connectivity index is 1.63. The predicted molar refractivity (Wildman–Crippen MR) is 117 cm³/mol. The summed E-state index contributed by atoms with van der Waals surface area (Å²) in [5.41, 5.74) is 6.60. The van der Waals surface area contributed by atoms with Crippen LogP contribution in [0, 0.1) is 13.8 Å². The summed E-state index contributed by atoms with van der Waals surface area (Å²) in [5, 5.41) is 6.00. The molecule has 0 saturated heterocycles. The monoisotopic (exact) mass is 408 g/mol. The molecule has 0 amide bonds. The average Bonchev–Trinajstić information content (AvgIpc) is 3.39. The normalized spacial score (nSPS) is 10.9. The third kappa shape index (κ3) is 3.53. The molecule has 28 heavy (non-hydrogen) atoms. The first-order chi connectivity index (χ1) is 13.6. The maximum Gasteiger partial charge on any atom is 0.161 e. The highest BCUT2D eigenvalue weighted by molar-refractivity contribution is 7.20. The first-order valence-corrected chi connectivity index (χ1v) is 10.6. The minimum absolute atomic E-state index is 0.695. The van der Waals surface area contributed by atoms with Gasteiger partial charge in [0.25, 0.3) is 0 Å². The van der Waals surface area contributed by atoms with E-state index in [0.717, 1.165) is 32.5 Å². The zero-order chi connectivity index (χ0) is 19.7. The minimum atomic E-state index is 0.695. The van der Waals surface area contributed by atoms with Gasteiger partial charge in [-0.3, -0.25) is 0 Å². The molecule has 0 aliphatic heterocycles. The lowest BCUT2D eigenvalue weighted by atomic mass is 10.1. The van der Waals surface area contributed by atoms with Crippen molar-refractivity contribution >= 4 is 22.7 Å². The van der Waals surface area contributed by atoms with Crippen molar-refractivity contribution < 1.29 is 9.47 Å². The van der Waals surface area contributed by atoms with Crippen molar-refractivity contribution in [2.75, 3.05) is 14.2 Å². The molecule has 0 atom stereocenters. The smallest absolute Gasteiger partial charge is 0.161 e. The Hall–Kier alpha value is -2.70. The lowest BCUT2D eigenvalue weighted by molar-refractivity contribution is 0.355. The topological polar surface area (TPSA) is 44.2 Å². The predicted octanol–water partition coefficient (Wildman–Crippen LogP) is 6.23. The van der Waals surface area contributed by atoms with E-state index in [1.165, 1.54) is 11.1 Å². The molecule has 0 aliphatic carbocycles. The van der Waals surface area contributed by atoms with E-state index in [1.807, 2.05) is 23.6 Å². The van der Waals surface area contributed by atoms with Crippen molar-refractivity contribution in [2.24, 2.45) is 0 Å². The van der Waals surface area contributed by atoms with E-state index in [-0.39, 0.29) is 0 Å². The summed E-state index contributed by atoms with van der Waals surface area (Å²) in [6.07, 6.45) is 0. The van der Waals surface area contributed by atoms with Crippen LogP contribution in [0.3, 0.4) is 0 Å². The van der Waals surface area contributed by atoms with Crippen molar-refractivity contribution in [2.45, 2.75) is 13.8 Å². The van der Waals surface area contributed by atoms with Crippen LogP contribution in [-0.4, -0.2) is 24.2 Å². The molecular weight excluding hydrogens is 388 g/mol. The Morgan fingerprint density at radius 3 is 1.82 bits per heavy atom. The highest BCUT2D eigenvalue weighted by Gasteiger charge is 2.13. The summed E-state index contributed by atoms with van der Waals surface area (Å²) >= 11 is 3.22. The Morgan fingerprint density at radius 2 is 1.25 bits per heavy atom. The van der Waals surface area contributed by atoms with Gasteiger partial charge >= 0.3 is 0 Å². The number of rotatable bonds is 5. The van der Waals surface area contributed by atoms with Gasteiger partial charge in [-0.1, -0.05) is 12.1 Å². The van der Waals surface area contributed by atoms with Crippen LogP contribution in [0.25, 0.3) is 32.5 Å². The van der Waals surface area contributed by atoms with Gasteiger partial charge in [0.2, 0.25) is 0 Å². The van der Waals surface area contributed by atoms with Crippen LogP contribution < -0.4 is 9.47 Å². The van der Waals surface area contributed by atoms with E-state index in [0.29, 0.717) is 11.5 Å². The van der Waals surface area contributed by atoms with Gasteiger partial charge in [0, 0.05) is 21.9 Å². The molecule has 4 nitrogen and oxygen atoms in total. The number of aromatic nitrogens is 2. The molecule has 0 radical (unpaired) electrons. The van der Waals surface area contributed by atoms with E-state index in [4.69, 9.17) is 19.4 Å². The summed E-state index contributed by atoms with van der Waals surface area (Å²) in [5.74, 6) is 1.40. The summed E-state index contributed by atoms with van der Waals surface area (Å²) in [6, 6.07) is 12.3. The van der Waals surface area contributed by atoms with Gasteiger partial charge in [0.15, 0.2) is 21.5 Å². The number of nitrogens with zero attached hydrogens (tertiary/aromatic N) is 2. The number of ether oxygens (including phenoxy) is 2. The number of aryl methyl sites for hydroxylation is 2. The zero-order valence-corrected chi connectivity index (χ0v) is 17.8. The minimum Gasteiger partial charge on any atom is -0.493 e. The first-order valence-electron chi connectivity index (χ1n) is 8.80. The van der Waals surface area contributed by atoms with Crippen molar-refractivity contribution in [3.63, 3.8) is 0 Å². The molecule has 2 heterocycles. The quantitative estimate of drug-likeness (QED) is 0.392. The van der Waals surface area contributed by atoms with Crippen LogP contribution in [0.2, 0.25) is 0 Å². The molecule has 142 valence electrons. The molecule has 0 bridgehead atoms. The van der Waals surface area contributed by atoms with Crippen molar-refractivity contribution in [1.29, 1.82) is 0 Å². The van der Waals surface area contributed by atoms with Gasteiger partial charge in [-0.2, -0.15) is 0 Å². The van der Waals surface area contributed by atoms with Gasteiger partial charge in [-0.05, 0) is 49.2 Å². The molecule has 2 aromatic heterocycles. The molecule has 4 rings (SSSR count). The lowest BCUT2D eigenvalue weighted by Gasteiger charge is -2.08. The van der Waals surface area contributed by atoms with E-state index < -0.39 is 0 Å². The fourth-order valence-corrected chi connectivity index (χ4v) is 4.61.